The summed E-state index contributed by atoms with van der Waals surface area (Å²) < 4.78 is 35.8. The first-order valence-corrected chi connectivity index (χ1v) is 3.79. The Bertz CT molecular complexity index is 150. The normalized spacial score (nSPS) is 39.9. The highest BCUT2D eigenvalue weighted by Crippen LogP contribution is 2.62. The molecule has 0 radical (unpaired) electrons. The molecule has 0 saturated heterocycles. The zero-order valence-corrected chi connectivity index (χ0v) is 5.56. The average Bonchev–Trinajstić information content (AvgIpc) is 2.56. The van der Waals surface area contributed by atoms with Gasteiger partial charge in [0.2, 0.25) is 0 Å². The van der Waals surface area contributed by atoms with E-state index in [1.54, 1.807) is 0 Å². The molecule has 0 amide bonds. The topological polar surface area (TPSA) is 0 Å². The molecule has 0 bridgehead atoms. The second-order valence-corrected chi connectivity index (χ2v) is 3.53. The molecular weight excluding hydrogens is 140 g/mol. The molecule has 2 unspecified atom stereocenters. The van der Waals surface area contributed by atoms with Gasteiger partial charge in [-0.05, 0) is 5.92 Å². The fourth-order valence-corrected chi connectivity index (χ4v) is 1.74. The van der Waals surface area contributed by atoms with Crippen molar-refractivity contribution in [2.75, 3.05) is 0 Å². The van der Waals surface area contributed by atoms with Crippen LogP contribution in [0, 0.1) is 11.8 Å². The molecule has 0 aromatic rings. The van der Waals surface area contributed by atoms with Crippen molar-refractivity contribution in [3.05, 3.63) is 0 Å². The number of rotatable bonds is 2. The summed E-state index contributed by atoms with van der Waals surface area (Å²) in [7, 11) is 0. The smallest absolute Gasteiger partial charge is 0.449 e. The maximum atomic E-state index is 11.9. The highest BCUT2D eigenvalue weighted by atomic mass is 19.4. The summed E-state index contributed by atoms with van der Waals surface area (Å²) in [6.45, 7) is -4.49. The Morgan fingerprint density at radius 3 is 2.00 bits per heavy atom. The monoisotopic (exact) mass is 149 g/mol. The maximum Gasteiger partial charge on any atom is 0.481 e. The van der Waals surface area contributed by atoms with Gasteiger partial charge in [0, 0.05) is 0 Å². The molecule has 58 valence electrons. The van der Waals surface area contributed by atoms with Crippen LogP contribution in [-0.4, -0.2) is 6.98 Å². The van der Waals surface area contributed by atoms with Gasteiger partial charge in [-0.25, -0.2) is 0 Å². The van der Waals surface area contributed by atoms with Crippen LogP contribution in [0.15, 0.2) is 0 Å². The van der Waals surface area contributed by atoms with E-state index in [0.29, 0.717) is 12.3 Å². The van der Waals surface area contributed by atoms with Crippen LogP contribution in [-0.2, 0) is 0 Å². The summed E-state index contributed by atoms with van der Waals surface area (Å²) >= 11 is 0. The molecule has 0 aromatic heterocycles. The first-order valence-electron chi connectivity index (χ1n) is 3.79. The summed E-state index contributed by atoms with van der Waals surface area (Å²) in [5.74, 6) is -0.374. The first kappa shape index (κ1) is 6.56. The molecular formula is C6H9BF3-. The average molecular weight is 149 g/mol. The Labute approximate surface area is 57.9 Å². The van der Waals surface area contributed by atoms with Crippen molar-refractivity contribution < 1.29 is 12.9 Å². The largest absolute Gasteiger partial charge is 0.481 e. The molecule has 0 aromatic carbocycles. The van der Waals surface area contributed by atoms with Crippen molar-refractivity contribution in [2.45, 2.75) is 25.1 Å². The molecule has 0 heterocycles. The van der Waals surface area contributed by atoms with Gasteiger partial charge in [-0.15, -0.1) is 0 Å². The van der Waals surface area contributed by atoms with Gasteiger partial charge in [-0.3, -0.25) is 0 Å². The Morgan fingerprint density at radius 1 is 1.10 bits per heavy atom. The minimum absolute atomic E-state index is 0.0417. The van der Waals surface area contributed by atoms with Crippen molar-refractivity contribution in [2.24, 2.45) is 11.8 Å². The lowest BCUT2D eigenvalue weighted by molar-refractivity contribution is 0.455. The predicted molar refractivity (Wildman–Crippen MR) is 33.7 cm³/mol. The standard InChI is InChI=1S/C6H9BF3/c8-7(9,10)6-3-5(6)4-1-2-4/h4-6H,1-3H2/q-1. The van der Waals surface area contributed by atoms with Gasteiger partial charge in [0.1, 0.15) is 0 Å². The lowest BCUT2D eigenvalue weighted by Crippen LogP contribution is -2.15. The van der Waals surface area contributed by atoms with Crippen LogP contribution in [0.3, 0.4) is 0 Å². The minimum Gasteiger partial charge on any atom is -0.449 e. The Hall–Kier alpha value is -0.145. The van der Waals surface area contributed by atoms with Crippen LogP contribution in [0.2, 0.25) is 5.82 Å². The van der Waals surface area contributed by atoms with Crippen LogP contribution in [0.5, 0.6) is 0 Å². The van der Waals surface area contributed by atoms with Crippen molar-refractivity contribution in [3.8, 4) is 0 Å². The summed E-state index contributed by atoms with van der Waals surface area (Å²) in [4.78, 5) is 0. The number of hydrogen-bond acceptors (Lipinski definition) is 0. The number of hydrogen-bond donors (Lipinski definition) is 0. The van der Waals surface area contributed by atoms with Crippen LogP contribution in [0.1, 0.15) is 19.3 Å². The summed E-state index contributed by atoms with van der Waals surface area (Å²) in [6, 6.07) is 0. The van der Waals surface area contributed by atoms with E-state index in [-0.39, 0.29) is 5.92 Å². The van der Waals surface area contributed by atoms with Crippen LogP contribution >= 0.6 is 0 Å². The van der Waals surface area contributed by atoms with Gasteiger partial charge in [-0.1, -0.05) is 31.0 Å². The van der Waals surface area contributed by atoms with Crippen LogP contribution in [0.25, 0.3) is 0 Å². The number of halogens is 3. The van der Waals surface area contributed by atoms with Crippen molar-refractivity contribution in [1.82, 2.24) is 0 Å². The molecule has 0 aliphatic heterocycles. The van der Waals surface area contributed by atoms with Gasteiger partial charge in [0.25, 0.3) is 0 Å². The lowest BCUT2D eigenvalue weighted by Gasteiger charge is -2.11. The molecule has 2 saturated carbocycles. The second kappa shape index (κ2) is 1.71. The highest BCUT2D eigenvalue weighted by molar-refractivity contribution is 6.61. The third-order valence-electron chi connectivity index (χ3n) is 2.60. The molecule has 2 fully saturated rings. The van der Waals surface area contributed by atoms with E-state index in [2.05, 4.69) is 0 Å². The summed E-state index contributed by atoms with van der Waals surface area (Å²) in [5.41, 5.74) is 0. The molecule has 0 nitrogen and oxygen atoms in total. The molecule has 0 N–H and O–H groups in total. The maximum absolute atomic E-state index is 11.9. The molecule has 2 atom stereocenters. The van der Waals surface area contributed by atoms with Crippen LogP contribution < -0.4 is 0 Å². The molecule has 0 spiro atoms. The molecule has 4 heteroatoms. The van der Waals surface area contributed by atoms with Crippen molar-refractivity contribution in [1.29, 1.82) is 0 Å². The van der Waals surface area contributed by atoms with Gasteiger partial charge in [0.15, 0.2) is 0 Å². The van der Waals surface area contributed by atoms with E-state index in [1.807, 2.05) is 0 Å². The van der Waals surface area contributed by atoms with E-state index in [9.17, 15) is 12.9 Å². The van der Waals surface area contributed by atoms with Gasteiger partial charge >= 0.3 is 6.98 Å². The van der Waals surface area contributed by atoms with E-state index >= 15 is 0 Å². The molecule has 2 aliphatic rings. The SMILES string of the molecule is F[B-](F)(F)C1CC1C1CC1. The van der Waals surface area contributed by atoms with Crippen molar-refractivity contribution in [3.63, 3.8) is 0 Å². The first-order chi connectivity index (χ1) is 4.59. The van der Waals surface area contributed by atoms with Gasteiger partial charge in [0.05, 0.1) is 0 Å². The van der Waals surface area contributed by atoms with Gasteiger partial charge in [-0.2, -0.15) is 0 Å². The fraction of sp³-hybridized carbons (Fsp3) is 1.00. The second-order valence-electron chi connectivity index (χ2n) is 3.53. The summed E-state index contributed by atoms with van der Waals surface area (Å²) in [5, 5.41) is 0. The van der Waals surface area contributed by atoms with Gasteiger partial charge < -0.3 is 12.9 Å². The van der Waals surface area contributed by atoms with Crippen molar-refractivity contribution >= 4 is 6.98 Å². The Kier molecular flexibility index (Phi) is 1.12. The zero-order chi connectivity index (χ0) is 7.35. The Morgan fingerprint density at radius 2 is 1.70 bits per heavy atom. The Balaban J connectivity index is 1.88. The molecule has 2 aliphatic carbocycles. The minimum atomic E-state index is -4.49. The fourth-order valence-electron chi connectivity index (χ4n) is 1.74. The van der Waals surface area contributed by atoms with E-state index in [0.717, 1.165) is 12.8 Å². The highest BCUT2D eigenvalue weighted by Gasteiger charge is 2.55. The summed E-state index contributed by atoms with van der Waals surface area (Å²) in [6.07, 6.45) is 2.54. The predicted octanol–water partition coefficient (Wildman–Crippen LogP) is 2.63. The molecule has 10 heavy (non-hydrogen) atoms. The van der Waals surface area contributed by atoms with E-state index in [1.165, 1.54) is 0 Å². The third kappa shape index (κ3) is 1.04. The van der Waals surface area contributed by atoms with E-state index in [4.69, 9.17) is 0 Å². The lowest BCUT2D eigenvalue weighted by atomic mass is 9.81. The quantitative estimate of drug-likeness (QED) is 0.529. The van der Waals surface area contributed by atoms with E-state index < -0.39 is 12.8 Å². The zero-order valence-electron chi connectivity index (χ0n) is 5.56. The third-order valence-corrected chi connectivity index (χ3v) is 2.60. The van der Waals surface area contributed by atoms with Crippen LogP contribution in [0.4, 0.5) is 12.9 Å². The molecule has 2 rings (SSSR count).